The molecular formula is C12H18F3N3. The topological polar surface area (TPSA) is 29.9 Å². The molecule has 0 radical (unpaired) electrons. The molecule has 2 unspecified atom stereocenters. The number of alkyl halides is 3. The third kappa shape index (κ3) is 2.47. The number of nitrogens with zero attached hydrogens (tertiary/aromatic N) is 2. The van der Waals surface area contributed by atoms with Gasteiger partial charge in [-0.1, -0.05) is 20.3 Å². The monoisotopic (exact) mass is 261 g/mol. The molecule has 6 heteroatoms. The van der Waals surface area contributed by atoms with E-state index in [2.05, 4.69) is 17.3 Å². The van der Waals surface area contributed by atoms with E-state index in [0.717, 1.165) is 23.2 Å². The molecule has 0 saturated carbocycles. The lowest BCUT2D eigenvalue weighted by Gasteiger charge is -2.27. The van der Waals surface area contributed by atoms with Crippen LogP contribution in [0.1, 0.15) is 50.8 Å². The van der Waals surface area contributed by atoms with Crippen molar-refractivity contribution in [2.24, 2.45) is 0 Å². The van der Waals surface area contributed by atoms with Gasteiger partial charge < -0.3 is 5.32 Å². The molecule has 3 nitrogen and oxygen atoms in total. The molecule has 0 spiro atoms. The van der Waals surface area contributed by atoms with Gasteiger partial charge in [-0.2, -0.15) is 18.3 Å². The van der Waals surface area contributed by atoms with Crippen LogP contribution in [0.15, 0.2) is 6.07 Å². The largest absolute Gasteiger partial charge is 0.410 e. The van der Waals surface area contributed by atoms with Crippen molar-refractivity contribution in [1.82, 2.24) is 9.78 Å². The lowest BCUT2D eigenvalue weighted by atomic mass is 10.0. The molecule has 2 heterocycles. The first-order valence-corrected chi connectivity index (χ1v) is 6.33. The average Bonchev–Trinajstić information content (AvgIpc) is 2.71. The summed E-state index contributed by atoms with van der Waals surface area (Å²) in [4.78, 5) is 0. The van der Waals surface area contributed by atoms with Crippen molar-refractivity contribution in [3.63, 3.8) is 0 Å². The van der Waals surface area contributed by atoms with Gasteiger partial charge in [-0.05, 0) is 12.8 Å². The Morgan fingerprint density at radius 1 is 1.56 bits per heavy atom. The predicted octanol–water partition coefficient (Wildman–Crippen LogP) is 3.71. The molecular weight excluding hydrogens is 243 g/mol. The maximum absolute atomic E-state index is 12.9. The molecule has 1 aliphatic rings. The summed E-state index contributed by atoms with van der Waals surface area (Å²) >= 11 is 0. The van der Waals surface area contributed by atoms with E-state index in [1.807, 2.05) is 6.92 Å². The lowest BCUT2D eigenvalue weighted by Crippen LogP contribution is -2.33. The molecule has 0 bridgehead atoms. The van der Waals surface area contributed by atoms with E-state index < -0.39 is 12.2 Å². The maximum atomic E-state index is 12.9. The standard InChI is InChI=1S/C12H18F3N3/c1-3-4-8(2)9-7-11-16-6-5-10(12(13,14)15)18(11)17-9/h7-8,10,16H,3-6H2,1-2H3. The number of anilines is 1. The predicted molar refractivity (Wildman–Crippen MR) is 63.7 cm³/mol. The average molecular weight is 261 g/mol. The second-order valence-corrected chi connectivity index (χ2v) is 4.86. The Morgan fingerprint density at radius 3 is 2.89 bits per heavy atom. The summed E-state index contributed by atoms with van der Waals surface area (Å²) in [5.41, 5.74) is 0.746. The van der Waals surface area contributed by atoms with Crippen molar-refractivity contribution in [2.45, 2.75) is 51.2 Å². The fraction of sp³-hybridized carbons (Fsp3) is 0.750. The van der Waals surface area contributed by atoms with Crippen molar-refractivity contribution in [3.8, 4) is 0 Å². The van der Waals surface area contributed by atoms with Crippen LogP contribution in [0.5, 0.6) is 0 Å². The zero-order chi connectivity index (χ0) is 13.3. The van der Waals surface area contributed by atoms with Crippen LogP contribution < -0.4 is 5.32 Å². The summed E-state index contributed by atoms with van der Waals surface area (Å²) < 4.78 is 39.8. The third-order valence-electron chi connectivity index (χ3n) is 3.38. The van der Waals surface area contributed by atoms with Crippen molar-refractivity contribution in [1.29, 1.82) is 0 Å². The maximum Gasteiger partial charge on any atom is 0.410 e. The minimum Gasteiger partial charge on any atom is -0.370 e. The Morgan fingerprint density at radius 2 is 2.28 bits per heavy atom. The second-order valence-electron chi connectivity index (χ2n) is 4.86. The highest BCUT2D eigenvalue weighted by atomic mass is 19.4. The van der Waals surface area contributed by atoms with E-state index in [9.17, 15) is 13.2 Å². The Hall–Kier alpha value is -1.20. The Kier molecular flexibility index (Phi) is 3.54. The molecule has 1 aliphatic heterocycles. The van der Waals surface area contributed by atoms with Crippen LogP contribution in [0.4, 0.5) is 19.0 Å². The normalized spacial score (nSPS) is 21.3. The lowest BCUT2D eigenvalue weighted by molar-refractivity contribution is -0.171. The van der Waals surface area contributed by atoms with Crippen LogP contribution in [0.2, 0.25) is 0 Å². The van der Waals surface area contributed by atoms with Crippen molar-refractivity contribution >= 4 is 5.82 Å². The second kappa shape index (κ2) is 4.82. The molecule has 0 aliphatic carbocycles. The molecule has 1 N–H and O–H groups in total. The van der Waals surface area contributed by atoms with Gasteiger partial charge >= 0.3 is 6.18 Å². The summed E-state index contributed by atoms with van der Waals surface area (Å²) in [6.07, 6.45) is -2.25. The molecule has 0 fully saturated rings. The van der Waals surface area contributed by atoms with Gasteiger partial charge in [-0.15, -0.1) is 0 Å². The molecule has 102 valence electrons. The first-order valence-electron chi connectivity index (χ1n) is 6.33. The molecule has 1 aromatic heterocycles. The Balaban J connectivity index is 2.29. The van der Waals surface area contributed by atoms with Crippen LogP contribution in [0.25, 0.3) is 0 Å². The van der Waals surface area contributed by atoms with Crippen LogP contribution in [-0.4, -0.2) is 22.5 Å². The molecule has 1 aromatic rings. The molecule has 0 aromatic carbocycles. The Labute approximate surface area is 104 Å². The number of nitrogens with one attached hydrogen (secondary N) is 1. The van der Waals surface area contributed by atoms with E-state index in [1.165, 1.54) is 0 Å². The smallest absolute Gasteiger partial charge is 0.370 e. The van der Waals surface area contributed by atoms with Gasteiger partial charge in [-0.3, -0.25) is 0 Å². The van der Waals surface area contributed by atoms with Crippen LogP contribution in [0.3, 0.4) is 0 Å². The number of hydrogen-bond donors (Lipinski definition) is 1. The first kappa shape index (κ1) is 13.2. The fourth-order valence-corrected chi connectivity index (χ4v) is 2.37. The number of fused-ring (bicyclic) bond motifs is 1. The van der Waals surface area contributed by atoms with E-state index in [4.69, 9.17) is 0 Å². The molecule has 0 saturated heterocycles. The van der Waals surface area contributed by atoms with Gasteiger partial charge in [0, 0.05) is 18.5 Å². The van der Waals surface area contributed by atoms with Gasteiger partial charge in [0.25, 0.3) is 0 Å². The summed E-state index contributed by atoms with van der Waals surface area (Å²) in [7, 11) is 0. The number of halogens is 3. The van der Waals surface area contributed by atoms with Gasteiger partial charge in [-0.25, -0.2) is 4.68 Å². The van der Waals surface area contributed by atoms with E-state index >= 15 is 0 Å². The van der Waals surface area contributed by atoms with Crippen LogP contribution in [0, 0.1) is 0 Å². The summed E-state index contributed by atoms with van der Waals surface area (Å²) in [6, 6.07) is 0.259. The fourth-order valence-electron chi connectivity index (χ4n) is 2.37. The van der Waals surface area contributed by atoms with Crippen molar-refractivity contribution in [3.05, 3.63) is 11.8 Å². The highest BCUT2D eigenvalue weighted by molar-refractivity contribution is 5.40. The summed E-state index contributed by atoms with van der Waals surface area (Å²) in [6.45, 7) is 4.40. The quantitative estimate of drug-likeness (QED) is 0.899. The minimum absolute atomic E-state index is 0.0414. The molecule has 0 amide bonds. The number of hydrogen-bond acceptors (Lipinski definition) is 2. The van der Waals surface area contributed by atoms with E-state index in [-0.39, 0.29) is 12.3 Å². The highest BCUT2D eigenvalue weighted by Crippen LogP contribution is 2.38. The summed E-state index contributed by atoms with van der Waals surface area (Å²) in [5, 5.41) is 7.13. The van der Waals surface area contributed by atoms with Crippen molar-refractivity contribution in [2.75, 3.05) is 11.9 Å². The van der Waals surface area contributed by atoms with Gasteiger partial charge in [0.15, 0.2) is 6.04 Å². The van der Waals surface area contributed by atoms with Crippen LogP contribution >= 0.6 is 0 Å². The third-order valence-corrected chi connectivity index (χ3v) is 3.38. The first-order chi connectivity index (χ1) is 8.43. The number of rotatable bonds is 3. The summed E-state index contributed by atoms with van der Waals surface area (Å²) in [5.74, 6) is 0.685. The van der Waals surface area contributed by atoms with Crippen molar-refractivity contribution < 1.29 is 13.2 Å². The Bertz CT molecular complexity index is 411. The van der Waals surface area contributed by atoms with Gasteiger partial charge in [0.2, 0.25) is 0 Å². The number of aromatic nitrogens is 2. The molecule has 2 rings (SSSR count). The minimum atomic E-state index is -4.23. The molecule has 2 atom stereocenters. The van der Waals surface area contributed by atoms with E-state index in [1.54, 1.807) is 6.07 Å². The van der Waals surface area contributed by atoms with Gasteiger partial charge in [0.1, 0.15) is 5.82 Å². The highest BCUT2D eigenvalue weighted by Gasteiger charge is 2.44. The SMILES string of the molecule is CCCC(C)c1cc2n(n1)C(C(F)(F)F)CCN2. The van der Waals surface area contributed by atoms with Crippen LogP contribution in [-0.2, 0) is 0 Å². The zero-order valence-corrected chi connectivity index (χ0v) is 10.6. The molecule has 18 heavy (non-hydrogen) atoms. The zero-order valence-electron chi connectivity index (χ0n) is 10.6. The van der Waals surface area contributed by atoms with Gasteiger partial charge in [0.05, 0.1) is 5.69 Å². The van der Waals surface area contributed by atoms with E-state index in [0.29, 0.717) is 12.4 Å².